The normalized spacial score (nSPS) is 12.2. The molecule has 0 bridgehead atoms. The van der Waals surface area contributed by atoms with Gasteiger partial charge in [0, 0.05) is 22.3 Å². The second-order valence-electron chi connectivity index (χ2n) is 5.76. The van der Waals surface area contributed by atoms with Gasteiger partial charge in [-0.3, -0.25) is 4.79 Å². The first kappa shape index (κ1) is 19.4. The zero-order valence-corrected chi connectivity index (χ0v) is 16.0. The molecule has 2 aromatic carbocycles. The number of amides is 1. The summed E-state index contributed by atoms with van der Waals surface area (Å²) < 4.78 is 5.25. The number of halogens is 2. The zero-order chi connectivity index (χ0) is 18.4. The Morgan fingerprint density at radius 2 is 1.92 bits per heavy atom. The molecule has 1 N–H and O–H groups in total. The van der Waals surface area contributed by atoms with E-state index in [2.05, 4.69) is 19.2 Å². The summed E-state index contributed by atoms with van der Waals surface area (Å²) in [6.45, 7) is 4.33. The quantitative estimate of drug-likeness (QED) is 0.611. The third kappa shape index (κ3) is 5.25. The molecule has 2 aromatic rings. The second kappa shape index (κ2) is 8.93. The van der Waals surface area contributed by atoms with Crippen molar-refractivity contribution in [2.45, 2.75) is 26.2 Å². The van der Waals surface area contributed by atoms with E-state index in [0.717, 1.165) is 12.1 Å². The van der Waals surface area contributed by atoms with E-state index in [9.17, 15) is 4.79 Å². The van der Waals surface area contributed by atoms with E-state index in [1.54, 1.807) is 18.2 Å². The summed E-state index contributed by atoms with van der Waals surface area (Å²) in [5, 5.41) is 3.71. The van der Waals surface area contributed by atoms with E-state index in [0.29, 0.717) is 27.3 Å². The fraction of sp³-hybridized carbons (Fsp3) is 0.250. The first-order valence-corrected chi connectivity index (χ1v) is 8.82. The van der Waals surface area contributed by atoms with Gasteiger partial charge in [-0.15, -0.1) is 0 Å². The minimum absolute atomic E-state index is 0.241. The van der Waals surface area contributed by atoms with E-state index in [4.69, 9.17) is 27.9 Å². The predicted molar refractivity (Wildman–Crippen MR) is 106 cm³/mol. The van der Waals surface area contributed by atoms with E-state index in [1.165, 1.54) is 18.7 Å². The third-order valence-electron chi connectivity index (χ3n) is 4.02. The van der Waals surface area contributed by atoms with Gasteiger partial charge in [0.2, 0.25) is 5.91 Å². The minimum atomic E-state index is -0.241. The highest BCUT2D eigenvalue weighted by Crippen LogP contribution is 2.33. The van der Waals surface area contributed by atoms with E-state index in [-0.39, 0.29) is 5.91 Å². The van der Waals surface area contributed by atoms with Gasteiger partial charge in [-0.2, -0.15) is 0 Å². The van der Waals surface area contributed by atoms with E-state index < -0.39 is 0 Å². The second-order valence-corrected chi connectivity index (χ2v) is 6.61. The van der Waals surface area contributed by atoms with Crippen molar-refractivity contribution in [1.29, 1.82) is 0 Å². The average Bonchev–Trinajstić information content (AvgIpc) is 2.59. The average molecular weight is 378 g/mol. The van der Waals surface area contributed by atoms with Gasteiger partial charge in [-0.1, -0.05) is 49.2 Å². The molecule has 0 radical (unpaired) electrons. The fourth-order valence-electron chi connectivity index (χ4n) is 2.40. The highest BCUT2D eigenvalue weighted by atomic mass is 35.5. The zero-order valence-electron chi connectivity index (χ0n) is 14.5. The van der Waals surface area contributed by atoms with Crippen LogP contribution in [0.3, 0.4) is 0 Å². The standard InChI is InChI=1S/C20H21Cl2NO2/c1-4-13(2)14-5-8-17(9-6-14)23-19(24)10-7-15-11-16(21)12-18(22)20(15)25-3/h5-13H,4H2,1-3H3,(H,23,24)/b10-7+/t13-/m0/s1. The van der Waals surface area contributed by atoms with Crippen LogP contribution in [-0.2, 0) is 4.79 Å². The van der Waals surface area contributed by atoms with Crippen molar-refractivity contribution >= 4 is 40.9 Å². The molecular weight excluding hydrogens is 357 g/mol. The number of hydrogen-bond donors (Lipinski definition) is 1. The molecule has 0 saturated carbocycles. The lowest BCUT2D eigenvalue weighted by Crippen LogP contribution is -2.07. The summed E-state index contributed by atoms with van der Waals surface area (Å²) >= 11 is 12.1. The van der Waals surface area contributed by atoms with Crippen molar-refractivity contribution in [3.8, 4) is 5.75 Å². The number of carbonyl (C=O) groups is 1. The molecule has 0 spiro atoms. The molecule has 132 valence electrons. The fourth-order valence-corrected chi connectivity index (χ4v) is 2.99. The topological polar surface area (TPSA) is 38.3 Å². The van der Waals surface area contributed by atoms with Crippen molar-refractivity contribution in [2.24, 2.45) is 0 Å². The molecule has 0 heterocycles. The first-order chi connectivity index (χ1) is 11.9. The number of ether oxygens (including phenoxy) is 1. The van der Waals surface area contributed by atoms with Crippen molar-refractivity contribution in [1.82, 2.24) is 0 Å². The molecule has 5 heteroatoms. The van der Waals surface area contributed by atoms with Crippen LogP contribution in [0.15, 0.2) is 42.5 Å². The van der Waals surface area contributed by atoms with E-state index >= 15 is 0 Å². The highest BCUT2D eigenvalue weighted by Gasteiger charge is 2.08. The Hall–Kier alpha value is -1.97. The number of rotatable bonds is 6. The SMILES string of the molecule is CC[C@H](C)c1ccc(NC(=O)/C=C/c2cc(Cl)cc(Cl)c2OC)cc1. The smallest absolute Gasteiger partial charge is 0.248 e. The number of methoxy groups -OCH3 is 1. The molecular formula is C20H21Cl2NO2. The maximum absolute atomic E-state index is 12.1. The molecule has 3 nitrogen and oxygen atoms in total. The van der Waals surface area contributed by atoms with Crippen molar-refractivity contribution in [3.05, 3.63) is 63.6 Å². The van der Waals surface area contributed by atoms with E-state index in [1.807, 2.05) is 24.3 Å². The summed E-state index contributed by atoms with van der Waals surface area (Å²) in [6, 6.07) is 11.2. The van der Waals surface area contributed by atoms with Crippen LogP contribution in [-0.4, -0.2) is 13.0 Å². The van der Waals surface area contributed by atoms with Crippen molar-refractivity contribution < 1.29 is 9.53 Å². The number of nitrogens with one attached hydrogen (secondary N) is 1. The molecule has 2 rings (SSSR count). The summed E-state index contributed by atoms with van der Waals surface area (Å²) in [5.41, 5.74) is 2.65. The van der Waals surface area contributed by atoms with Crippen LogP contribution < -0.4 is 10.1 Å². The van der Waals surface area contributed by atoms with Crippen molar-refractivity contribution in [3.63, 3.8) is 0 Å². The van der Waals surface area contributed by atoms with Crippen LogP contribution in [0.2, 0.25) is 10.0 Å². The molecule has 1 atom stereocenters. The number of anilines is 1. The van der Waals surface area contributed by atoms with Crippen LogP contribution in [0.4, 0.5) is 5.69 Å². The molecule has 0 aliphatic heterocycles. The Bertz CT molecular complexity index is 770. The van der Waals surface area contributed by atoms with Crippen LogP contribution >= 0.6 is 23.2 Å². The largest absolute Gasteiger partial charge is 0.495 e. The molecule has 25 heavy (non-hydrogen) atoms. The van der Waals surface area contributed by atoms with Gasteiger partial charge in [0.15, 0.2) is 0 Å². The Morgan fingerprint density at radius 1 is 1.24 bits per heavy atom. The first-order valence-electron chi connectivity index (χ1n) is 8.06. The Kier molecular flexibility index (Phi) is 6.91. The number of hydrogen-bond acceptors (Lipinski definition) is 2. The van der Waals surface area contributed by atoms with Gasteiger partial charge < -0.3 is 10.1 Å². The van der Waals surface area contributed by atoms with Crippen LogP contribution in [0.5, 0.6) is 5.75 Å². The van der Waals surface area contributed by atoms with Gasteiger partial charge in [0.25, 0.3) is 0 Å². The van der Waals surface area contributed by atoms with Gasteiger partial charge in [-0.05, 0) is 48.2 Å². The Labute approximate surface area is 158 Å². The molecule has 1 amide bonds. The summed E-state index contributed by atoms with van der Waals surface area (Å²) in [7, 11) is 1.52. The monoisotopic (exact) mass is 377 g/mol. The lowest BCUT2D eigenvalue weighted by atomic mass is 9.99. The molecule has 0 aromatic heterocycles. The minimum Gasteiger partial charge on any atom is -0.495 e. The molecule has 0 aliphatic carbocycles. The lowest BCUT2D eigenvalue weighted by molar-refractivity contribution is -0.111. The maximum atomic E-state index is 12.1. The highest BCUT2D eigenvalue weighted by molar-refractivity contribution is 6.36. The number of carbonyl (C=O) groups excluding carboxylic acids is 1. The van der Waals surface area contributed by atoms with Crippen LogP contribution in [0, 0.1) is 0 Å². The van der Waals surface area contributed by atoms with Crippen molar-refractivity contribution in [2.75, 3.05) is 12.4 Å². The maximum Gasteiger partial charge on any atom is 0.248 e. The summed E-state index contributed by atoms with van der Waals surface area (Å²) in [4.78, 5) is 12.1. The Balaban J connectivity index is 2.09. The summed E-state index contributed by atoms with van der Waals surface area (Å²) in [5.74, 6) is 0.743. The van der Waals surface area contributed by atoms with Gasteiger partial charge in [0.05, 0.1) is 12.1 Å². The van der Waals surface area contributed by atoms with Gasteiger partial charge in [0.1, 0.15) is 5.75 Å². The molecule has 0 aliphatic rings. The molecule has 0 saturated heterocycles. The van der Waals surface area contributed by atoms with Gasteiger partial charge >= 0.3 is 0 Å². The van der Waals surface area contributed by atoms with Gasteiger partial charge in [-0.25, -0.2) is 0 Å². The molecule has 0 fully saturated rings. The lowest BCUT2D eigenvalue weighted by Gasteiger charge is -2.10. The van der Waals surface area contributed by atoms with Crippen LogP contribution in [0.1, 0.15) is 37.3 Å². The number of benzene rings is 2. The Morgan fingerprint density at radius 3 is 2.52 bits per heavy atom. The molecule has 0 unspecified atom stereocenters. The van der Waals surface area contributed by atoms with Crippen LogP contribution in [0.25, 0.3) is 6.08 Å². The third-order valence-corrected chi connectivity index (χ3v) is 4.51. The predicted octanol–water partition coefficient (Wildman–Crippen LogP) is 6.17. The summed E-state index contributed by atoms with van der Waals surface area (Å²) in [6.07, 6.45) is 4.13.